The Morgan fingerprint density at radius 1 is 1.10 bits per heavy atom. The predicted octanol–water partition coefficient (Wildman–Crippen LogP) is 4.55. The largest absolute Gasteiger partial charge is 0.441 e. The van der Waals surface area contributed by atoms with Crippen molar-refractivity contribution in [2.24, 2.45) is 0 Å². The number of nitrogens with zero attached hydrogens (tertiary/aromatic N) is 5. The molecule has 0 radical (unpaired) electrons. The zero-order valence-corrected chi connectivity index (χ0v) is 17.3. The minimum atomic E-state index is -0.109. The summed E-state index contributed by atoms with van der Waals surface area (Å²) in [7, 11) is 0. The summed E-state index contributed by atoms with van der Waals surface area (Å²) in [6.07, 6.45) is 4.55. The number of rotatable bonds is 7. The summed E-state index contributed by atoms with van der Waals surface area (Å²) in [6, 6.07) is 15.2. The van der Waals surface area contributed by atoms with Crippen LogP contribution in [0.15, 0.2) is 59.1 Å². The van der Waals surface area contributed by atoms with Crippen molar-refractivity contribution in [1.82, 2.24) is 25.2 Å². The number of anilines is 1. The summed E-state index contributed by atoms with van der Waals surface area (Å²) in [5.74, 6) is 1.81. The van der Waals surface area contributed by atoms with Gasteiger partial charge in [-0.25, -0.2) is 9.67 Å². The van der Waals surface area contributed by atoms with E-state index in [1.807, 2.05) is 41.1 Å². The molecule has 5 rings (SSSR count). The molecule has 1 amide bonds. The Kier molecular flexibility index (Phi) is 5.21. The normalized spacial score (nSPS) is 13.3. The van der Waals surface area contributed by atoms with Gasteiger partial charge in [0.2, 0.25) is 5.91 Å². The standard InChI is InChI=1S/C22H19ClN6O2/c23-16-5-1-14(2-6-16)19-13-24-21(31-19)12-11-20(30)25-17-7-3-15(4-8-17)22-26-27-28-29(22)18-9-10-18/h1-8,13,18H,9-12H2,(H,25,30). The molecule has 2 aromatic heterocycles. The fraction of sp³-hybridized carbons (Fsp3) is 0.227. The van der Waals surface area contributed by atoms with Gasteiger partial charge in [-0.3, -0.25) is 4.79 Å². The number of carbonyl (C=O) groups excluding carboxylic acids is 1. The van der Waals surface area contributed by atoms with Crippen molar-refractivity contribution in [1.29, 1.82) is 0 Å². The van der Waals surface area contributed by atoms with E-state index in [2.05, 4.69) is 25.8 Å². The Hall–Kier alpha value is -3.52. The second-order valence-electron chi connectivity index (χ2n) is 7.43. The Morgan fingerprint density at radius 2 is 1.84 bits per heavy atom. The van der Waals surface area contributed by atoms with Gasteiger partial charge in [0, 0.05) is 34.7 Å². The minimum Gasteiger partial charge on any atom is -0.441 e. The molecule has 0 saturated heterocycles. The van der Waals surface area contributed by atoms with Gasteiger partial charge in [-0.1, -0.05) is 11.6 Å². The number of carbonyl (C=O) groups is 1. The zero-order valence-electron chi connectivity index (χ0n) is 16.5. The number of nitrogens with one attached hydrogen (secondary N) is 1. The first kappa shape index (κ1) is 19.4. The third-order valence-electron chi connectivity index (χ3n) is 5.06. The van der Waals surface area contributed by atoms with Crippen LogP contribution in [0.4, 0.5) is 5.69 Å². The van der Waals surface area contributed by atoms with E-state index in [0.717, 1.165) is 29.8 Å². The quantitative estimate of drug-likeness (QED) is 0.458. The molecule has 1 aliphatic carbocycles. The summed E-state index contributed by atoms with van der Waals surface area (Å²) in [6.45, 7) is 0. The number of halogens is 1. The maximum absolute atomic E-state index is 12.3. The van der Waals surface area contributed by atoms with Gasteiger partial charge in [-0.05, 0) is 71.8 Å². The number of oxazole rings is 1. The van der Waals surface area contributed by atoms with E-state index in [-0.39, 0.29) is 12.3 Å². The molecule has 1 aliphatic rings. The highest BCUT2D eigenvalue weighted by atomic mass is 35.5. The lowest BCUT2D eigenvalue weighted by Crippen LogP contribution is -2.12. The van der Waals surface area contributed by atoms with E-state index in [0.29, 0.717) is 34.8 Å². The molecular formula is C22H19ClN6O2. The molecule has 1 N–H and O–H groups in total. The molecule has 0 atom stereocenters. The number of tetrazole rings is 1. The fourth-order valence-corrected chi connectivity index (χ4v) is 3.39. The molecule has 31 heavy (non-hydrogen) atoms. The van der Waals surface area contributed by atoms with Gasteiger partial charge in [-0.2, -0.15) is 0 Å². The second kappa shape index (κ2) is 8.31. The highest BCUT2D eigenvalue weighted by Crippen LogP contribution is 2.36. The van der Waals surface area contributed by atoms with Crippen molar-refractivity contribution in [3.8, 4) is 22.7 Å². The van der Waals surface area contributed by atoms with Gasteiger partial charge in [-0.15, -0.1) is 5.10 Å². The molecule has 4 aromatic rings. The van der Waals surface area contributed by atoms with Crippen molar-refractivity contribution in [3.05, 3.63) is 65.6 Å². The van der Waals surface area contributed by atoms with E-state index in [4.69, 9.17) is 16.0 Å². The summed E-state index contributed by atoms with van der Waals surface area (Å²) in [5, 5.41) is 15.5. The van der Waals surface area contributed by atoms with Crippen LogP contribution in [0, 0.1) is 0 Å². The Morgan fingerprint density at radius 3 is 2.58 bits per heavy atom. The molecule has 2 heterocycles. The molecular weight excluding hydrogens is 416 g/mol. The molecule has 9 heteroatoms. The van der Waals surface area contributed by atoms with Crippen LogP contribution in [0.3, 0.4) is 0 Å². The molecule has 2 aromatic carbocycles. The highest BCUT2D eigenvalue weighted by molar-refractivity contribution is 6.30. The van der Waals surface area contributed by atoms with E-state index in [1.165, 1.54) is 0 Å². The fourth-order valence-electron chi connectivity index (χ4n) is 3.27. The van der Waals surface area contributed by atoms with Crippen molar-refractivity contribution in [2.45, 2.75) is 31.7 Å². The van der Waals surface area contributed by atoms with E-state index < -0.39 is 0 Å². The van der Waals surface area contributed by atoms with Crippen molar-refractivity contribution in [3.63, 3.8) is 0 Å². The van der Waals surface area contributed by atoms with Gasteiger partial charge in [0.1, 0.15) is 0 Å². The van der Waals surface area contributed by atoms with Crippen LogP contribution < -0.4 is 5.32 Å². The van der Waals surface area contributed by atoms with Crippen molar-refractivity contribution < 1.29 is 9.21 Å². The highest BCUT2D eigenvalue weighted by Gasteiger charge is 2.28. The number of hydrogen-bond acceptors (Lipinski definition) is 6. The summed E-state index contributed by atoms with van der Waals surface area (Å²) in [5.41, 5.74) is 2.53. The topological polar surface area (TPSA) is 98.7 Å². The Balaban J connectivity index is 1.16. The number of aromatic nitrogens is 5. The predicted molar refractivity (Wildman–Crippen MR) is 115 cm³/mol. The first-order valence-corrected chi connectivity index (χ1v) is 10.4. The van der Waals surface area contributed by atoms with Crippen LogP contribution in [0.25, 0.3) is 22.7 Å². The maximum atomic E-state index is 12.3. The molecule has 1 fully saturated rings. The van der Waals surface area contributed by atoms with Gasteiger partial charge >= 0.3 is 0 Å². The summed E-state index contributed by atoms with van der Waals surface area (Å²) >= 11 is 5.91. The molecule has 0 unspecified atom stereocenters. The van der Waals surface area contributed by atoms with E-state index in [1.54, 1.807) is 18.3 Å². The van der Waals surface area contributed by atoms with Crippen LogP contribution in [0.2, 0.25) is 5.02 Å². The maximum Gasteiger partial charge on any atom is 0.224 e. The smallest absolute Gasteiger partial charge is 0.224 e. The van der Waals surface area contributed by atoms with Crippen LogP contribution in [-0.2, 0) is 11.2 Å². The molecule has 0 aliphatic heterocycles. The van der Waals surface area contributed by atoms with E-state index in [9.17, 15) is 4.79 Å². The van der Waals surface area contributed by atoms with Crippen LogP contribution >= 0.6 is 11.6 Å². The molecule has 156 valence electrons. The van der Waals surface area contributed by atoms with Gasteiger partial charge in [0.15, 0.2) is 17.5 Å². The zero-order chi connectivity index (χ0) is 21.2. The molecule has 8 nitrogen and oxygen atoms in total. The molecule has 0 bridgehead atoms. The summed E-state index contributed by atoms with van der Waals surface area (Å²) < 4.78 is 7.61. The number of aryl methyl sites for hydroxylation is 1. The lowest BCUT2D eigenvalue weighted by atomic mass is 10.2. The van der Waals surface area contributed by atoms with Gasteiger partial charge < -0.3 is 9.73 Å². The minimum absolute atomic E-state index is 0.109. The van der Waals surface area contributed by atoms with Crippen LogP contribution in [0.5, 0.6) is 0 Å². The number of hydrogen-bond donors (Lipinski definition) is 1. The Bertz CT molecular complexity index is 1200. The van der Waals surface area contributed by atoms with Crippen LogP contribution in [-0.4, -0.2) is 31.1 Å². The Labute approximate surface area is 183 Å². The van der Waals surface area contributed by atoms with Gasteiger partial charge in [0.05, 0.1) is 12.2 Å². The van der Waals surface area contributed by atoms with Crippen molar-refractivity contribution in [2.75, 3.05) is 5.32 Å². The van der Waals surface area contributed by atoms with Crippen LogP contribution in [0.1, 0.15) is 31.2 Å². The van der Waals surface area contributed by atoms with Gasteiger partial charge in [0.25, 0.3) is 0 Å². The summed E-state index contributed by atoms with van der Waals surface area (Å²) in [4.78, 5) is 16.6. The number of amides is 1. The third kappa shape index (κ3) is 4.49. The first-order valence-electron chi connectivity index (χ1n) is 10.0. The monoisotopic (exact) mass is 434 g/mol. The third-order valence-corrected chi connectivity index (χ3v) is 5.31. The SMILES string of the molecule is O=C(CCc1ncc(-c2ccc(Cl)cc2)o1)Nc1ccc(-c2nnnn2C2CC2)cc1. The lowest BCUT2D eigenvalue weighted by molar-refractivity contribution is -0.116. The van der Waals surface area contributed by atoms with Crippen molar-refractivity contribution >= 4 is 23.2 Å². The number of benzene rings is 2. The van der Waals surface area contributed by atoms with E-state index >= 15 is 0 Å². The average molecular weight is 435 g/mol. The first-order chi connectivity index (χ1) is 15.2. The second-order valence-corrected chi connectivity index (χ2v) is 7.87. The average Bonchev–Trinajstić information content (AvgIpc) is 3.31. The lowest BCUT2D eigenvalue weighted by Gasteiger charge is -2.06. The molecule has 1 saturated carbocycles. The molecule has 0 spiro atoms.